The van der Waals surface area contributed by atoms with Crippen LogP contribution in [0.15, 0.2) is 34.2 Å². The maximum absolute atomic E-state index is 11.9. The molecule has 2 N–H and O–H groups in total. The molecule has 0 aliphatic rings. The van der Waals surface area contributed by atoms with Crippen molar-refractivity contribution in [2.24, 2.45) is 0 Å². The predicted molar refractivity (Wildman–Crippen MR) is 78.7 cm³/mol. The van der Waals surface area contributed by atoms with E-state index in [9.17, 15) is 9.59 Å². The molecule has 0 aliphatic carbocycles. The summed E-state index contributed by atoms with van der Waals surface area (Å²) >= 11 is 4.69. The molecule has 2 aromatic heterocycles. The lowest BCUT2D eigenvalue weighted by atomic mass is 10.1. The molecule has 0 spiro atoms. The first-order valence-corrected chi connectivity index (χ1v) is 7.45. The molecule has 0 radical (unpaired) electrons. The van der Waals surface area contributed by atoms with Crippen LogP contribution in [0.5, 0.6) is 0 Å². The van der Waals surface area contributed by atoms with Crippen molar-refractivity contribution in [3.63, 3.8) is 0 Å². The lowest BCUT2D eigenvalue weighted by Gasteiger charge is -2.11. The van der Waals surface area contributed by atoms with Gasteiger partial charge in [-0.25, -0.2) is 0 Å². The van der Waals surface area contributed by atoms with Gasteiger partial charge in [0.05, 0.1) is 4.88 Å². The molecule has 0 aliphatic heterocycles. The average molecular weight is 341 g/mol. The molecule has 0 saturated carbocycles. The first-order valence-electron chi connectivity index (χ1n) is 5.77. The number of aromatic amines is 1. The van der Waals surface area contributed by atoms with Gasteiger partial charge in [-0.2, -0.15) is 0 Å². The monoisotopic (exact) mass is 340 g/mol. The standard InChI is InChI=1S/C13H13BrN2O2S/c1-8(5-11(17)12-3-2-4-19-12)16-13(18)10-6-9(14)7-15-10/h2-4,6-8,15H,5H2,1H3,(H,16,18)/t8-/m0/s1. The minimum atomic E-state index is -0.211. The van der Waals surface area contributed by atoms with Crippen molar-refractivity contribution in [1.82, 2.24) is 10.3 Å². The number of carbonyl (C=O) groups is 2. The zero-order chi connectivity index (χ0) is 13.8. The number of ketones is 1. The molecule has 1 atom stereocenters. The number of H-pyrrole nitrogens is 1. The van der Waals surface area contributed by atoms with Gasteiger partial charge < -0.3 is 10.3 Å². The van der Waals surface area contributed by atoms with Crippen LogP contribution in [0.2, 0.25) is 0 Å². The lowest BCUT2D eigenvalue weighted by Crippen LogP contribution is -2.34. The minimum absolute atomic E-state index is 0.0514. The fourth-order valence-corrected chi connectivity index (χ4v) is 2.69. The predicted octanol–water partition coefficient (Wildman–Crippen LogP) is 3.23. The molecule has 2 heterocycles. The molecule has 0 aromatic carbocycles. The summed E-state index contributed by atoms with van der Waals surface area (Å²) in [6.07, 6.45) is 1.99. The van der Waals surface area contributed by atoms with Gasteiger partial charge in [-0.05, 0) is 40.4 Å². The molecule has 1 amide bonds. The molecule has 4 nitrogen and oxygen atoms in total. The van der Waals surface area contributed by atoms with Crippen molar-refractivity contribution >= 4 is 39.0 Å². The number of nitrogens with one attached hydrogen (secondary N) is 2. The number of aromatic nitrogens is 1. The van der Waals surface area contributed by atoms with Gasteiger partial charge in [0.1, 0.15) is 5.69 Å². The Balaban J connectivity index is 1.89. The van der Waals surface area contributed by atoms with Crippen LogP contribution in [0.3, 0.4) is 0 Å². The third kappa shape index (κ3) is 3.78. The van der Waals surface area contributed by atoms with Crippen LogP contribution in [0.25, 0.3) is 0 Å². The summed E-state index contributed by atoms with van der Waals surface area (Å²) in [6.45, 7) is 1.82. The van der Waals surface area contributed by atoms with Crippen molar-refractivity contribution in [3.05, 3.63) is 44.8 Å². The van der Waals surface area contributed by atoms with E-state index in [1.54, 1.807) is 18.3 Å². The van der Waals surface area contributed by atoms with E-state index in [0.29, 0.717) is 12.1 Å². The van der Waals surface area contributed by atoms with Crippen molar-refractivity contribution in [3.8, 4) is 0 Å². The number of rotatable bonds is 5. The van der Waals surface area contributed by atoms with Gasteiger partial charge in [-0.15, -0.1) is 11.3 Å². The molecular formula is C13H13BrN2O2S. The molecule has 6 heteroatoms. The Morgan fingerprint density at radius 3 is 2.89 bits per heavy atom. The summed E-state index contributed by atoms with van der Waals surface area (Å²) in [5, 5.41) is 4.66. The fraction of sp³-hybridized carbons (Fsp3) is 0.231. The molecule has 19 heavy (non-hydrogen) atoms. The van der Waals surface area contributed by atoms with Crippen molar-refractivity contribution < 1.29 is 9.59 Å². The number of hydrogen-bond donors (Lipinski definition) is 2. The number of thiophene rings is 1. The zero-order valence-corrected chi connectivity index (χ0v) is 12.7. The van der Waals surface area contributed by atoms with E-state index in [0.717, 1.165) is 9.35 Å². The molecule has 100 valence electrons. The van der Waals surface area contributed by atoms with Crippen LogP contribution in [0.1, 0.15) is 33.5 Å². The number of hydrogen-bond acceptors (Lipinski definition) is 3. The Bertz CT molecular complexity index is 577. The second kappa shape index (κ2) is 6.16. The van der Waals surface area contributed by atoms with E-state index in [-0.39, 0.29) is 17.7 Å². The van der Waals surface area contributed by atoms with E-state index in [2.05, 4.69) is 26.2 Å². The van der Waals surface area contributed by atoms with E-state index in [1.807, 2.05) is 18.4 Å². The SMILES string of the molecule is C[C@@H](CC(=O)c1cccs1)NC(=O)c1cc(Br)c[nH]1. The van der Waals surface area contributed by atoms with Gasteiger partial charge in [0.2, 0.25) is 0 Å². The Morgan fingerprint density at radius 2 is 2.32 bits per heavy atom. The highest BCUT2D eigenvalue weighted by molar-refractivity contribution is 9.10. The summed E-state index contributed by atoms with van der Waals surface area (Å²) in [7, 11) is 0. The number of amides is 1. The summed E-state index contributed by atoms with van der Waals surface area (Å²) in [6, 6.07) is 5.13. The van der Waals surface area contributed by atoms with Gasteiger partial charge in [0, 0.05) is 23.1 Å². The first kappa shape index (κ1) is 14.0. The Kier molecular flexibility index (Phi) is 4.55. The van der Waals surface area contributed by atoms with Crippen LogP contribution in [0, 0.1) is 0 Å². The summed E-state index contributed by atoms with van der Waals surface area (Å²) < 4.78 is 0.819. The maximum atomic E-state index is 11.9. The van der Waals surface area contributed by atoms with Crippen molar-refractivity contribution in [1.29, 1.82) is 0 Å². The van der Waals surface area contributed by atoms with Crippen LogP contribution in [-0.4, -0.2) is 22.7 Å². The normalized spacial score (nSPS) is 12.1. The molecule has 2 rings (SSSR count). The molecule has 0 unspecified atom stereocenters. The summed E-state index contributed by atoms with van der Waals surface area (Å²) in [5.74, 6) is -0.160. The van der Waals surface area contributed by atoms with E-state index >= 15 is 0 Å². The van der Waals surface area contributed by atoms with E-state index in [4.69, 9.17) is 0 Å². The Labute approximate surface area is 123 Å². The van der Waals surface area contributed by atoms with Crippen LogP contribution < -0.4 is 5.32 Å². The highest BCUT2D eigenvalue weighted by atomic mass is 79.9. The third-order valence-electron chi connectivity index (χ3n) is 2.56. The third-order valence-corrected chi connectivity index (χ3v) is 3.93. The Morgan fingerprint density at radius 1 is 1.53 bits per heavy atom. The largest absolute Gasteiger partial charge is 0.356 e. The number of Topliss-reactive ketones (excluding diaryl/α,β-unsaturated/α-hetero) is 1. The second-order valence-electron chi connectivity index (χ2n) is 4.21. The van der Waals surface area contributed by atoms with Gasteiger partial charge in [-0.1, -0.05) is 6.07 Å². The molecular weight excluding hydrogens is 328 g/mol. The Hall–Kier alpha value is -1.40. The number of carbonyl (C=O) groups excluding carboxylic acids is 2. The van der Waals surface area contributed by atoms with Crippen LogP contribution in [0.4, 0.5) is 0 Å². The number of halogens is 1. The van der Waals surface area contributed by atoms with E-state index < -0.39 is 0 Å². The topological polar surface area (TPSA) is 62.0 Å². The smallest absolute Gasteiger partial charge is 0.267 e. The summed E-state index contributed by atoms with van der Waals surface area (Å²) in [5.41, 5.74) is 0.474. The molecule has 0 saturated heterocycles. The first-order chi connectivity index (χ1) is 9.06. The second-order valence-corrected chi connectivity index (χ2v) is 6.07. The van der Waals surface area contributed by atoms with Crippen molar-refractivity contribution in [2.45, 2.75) is 19.4 Å². The highest BCUT2D eigenvalue weighted by Gasteiger charge is 2.15. The lowest BCUT2D eigenvalue weighted by molar-refractivity contribution is 0.0916. The van der Waals surface area contributed by atoms with Gasteiger partial charge in [0.15, 0.2) is 5.78 Å². The van der Waals surface area contributed by atoms with Crippen LogP contribution in [-0.2, 0) is 0 Å². The van der Waals surface area contributed by atoms with Gasteiger partial charge in [-0.3, -0.25) is 9.59 Å². The summed E-state index contributed by atoms with van der Waals surface area (Å²) in [4.78, 5) is 27.3. The maximum Gasteiger partial charge on any atom is 0.267 e. The highest BCUT2D eigenvalue weighted by Crippen LogP contribution is 2.13. The van der Waals surface area contributed by atoms with Crippen LogP contribution >= 0.6 is 27.3 Å². The quantitative estimate of drug-likeness (QED) is 0.820. The minimum Gasteiger partial charge on any atom is -0.356 e. The average Bonchev–Trinajstić information content (AvgIpc) is 2.98. The van der Waals surface area contributed by atoms with Gasteiger partial charge >= 0.3 is 0 Å². The molecule has 0 fully saturated rings. The zero-order valence-electron chi connectivity index (χ0n) is 10.3. The van der Waals surface area contributed by atoms with Gasteiger partial charge in [0.25, 0.3) is 5.91 Å². The fourth-order valence-electron chi connectivity index (χ4n) is 1.67. The molecule has 2 aromatic rings. The van der Waals surface area contributed by atoms with E-state index in [1.165, 1.54) is 11.3 Å². The van der Waals surface area contributed by atoms with Crippen molar-refractivity contribution in [2.75, 3.05) is 0 Å². The molecule has 0 bridgehead atoms.